The van der Waals surface area contributed by atoms with E-state index < -0.39 is 0 Å². The van der Waals surface area contributed by atoms with Crippen molar-refractivity contribution in [1.29, 1.82) is 0 Å². The monoisotopic (exact) mass is 308 g/mol. The molecule has 3 nitrogen and oxygen atoms in total. The summed E-state index contributed by atoms with van der Waals surface area (Å²) >= 11 is 0. The molecule has 0 fully saturated rings. The highest BCUT2D eigenvalue weighted by molar-refractivity contribution is 5.37. The molecule has 2 aliphatic rings. The van der Waals surface area contributed by atoms with E-state index in [0.717, 1.165) is 45.0 Å². The highest BCUT2D eigenvalue weighted by Crippen LogP contribution is 2.35. The first-order chi connectivity index (χ1) is 11.3. The Balaban J connectivity index is 1.38. The van der Waals surface area contributed by atoms with Crippen molar-refractivity contribution in [3.8, 4) is 5.75 Å². The molecule has 23 heavy (non-hydrogen) atoms. The van der Waals surface area contributed by atoms with E-state index in [0.29, 0.717) is 6.04 Å². The van der Waals surface area contributed by atoms with Crippen molar-refractivity contribution in [2.45, 2.75) is 25.6 Å². The summed E-state index contributed by atoms with van der Waals surface area (Å²) in [5, 5.41) is 0. The molecular formula is C20H24N2O. The standard InChI is InChI=1S/C20H24N2O/c1-21(19-10-13-23-20-9-5-4-8-18(19)20)11-12-22-14-16-6-2-3-7-17(16)15-22/h2-9,19H,10-15H2,1H3/t19-/m0/s1. The lowest BCUT2D eigenvalue weighted by atomic mass is 9.99. The van der Waals surface area contributed by atoms with Gasteiger partial charge in [0.25, 0.3) is 0 Å². The molecule has 2 heterocycles. The van der Waals surface area contributed by atoms with E-state index in [2.05, 4.69) is 65.4 Å². The molecule has 4 rings (SSSR count). The smallest absolute Gasteiger partial charge is 0.124 e. The van der Waals surface area contributed by atoms with Gasteiger partial charge >= 0.3 is 0 Å². The molecule has 2 aromatic rings. The van der Waals surface area contributed by atoms with Crippen molar-refractivity contribution in [3.63, 3.8) is 0 Å². The second-order valence-corrected chi connectivity index (χ2v) is 6.65. The van der Waals surface area contributed by atoms with Crippen LogP contribution in [0.25, 0.3) is 0 Å². The van der Waals surface area contributed by atoms with Gasteiger partial charge in [0.2, 0.25) is 0 Å². The molecule has 0 aliphatic carbocycles. The van der Waals surface area contributed by atoms with Crippen molar-refractivity contribution in [2.75, 3.05) is 26.7 Å². The Morgan fingerprint density at radius 2 is 1.74 bits per heavy atom. The van der Waals surface area contributed by atoms with Crippen LogP contribution in [0.1, 0.15) is 29.2 Å². The van der Waals surface area contributed by atoms with Gasteiger partial charge in [-0.05, 0) is 24.2 Å². The number of rotatable bonds is 4. The Morgan fingerprint density at radius 1 is 1.04 bits per heavy atom. The molecular weight excluding hydrogens is 284 g/mol. The molecule has 1 atom stereocenters. The van der Waals surface area contributed by atoms with Crippen LogP contribution in [0.3, 0.4) is 0 Å². The Hall–Kier alpha value is -1.84. The molecule has 0 bridgehead atoms. The first kappa shape index (κ1) is 14.7. The third kappa shape index (κ3) is 2.99. The average molecular weight is 308 g/mol. The first-order valence-corrected chi connectivity index (χ1v) is 8.52. The number of hydrogen-bond acceptors (Lipinski definition) is 3. The maximum absolute atomic E-state index is 5.79. The van der Waals surface area contributed by atoms with Gasteiger partial charge < -0.3 is 4.74 Å². The molecule has 0 spiro atoms. The minimum atomic E-state index is 0.477. The van der Waals surface area contributed by atoms with Crippen LogP contribution < -0.4 is 4.74 Å². The van der Waals surface area contributed by atoms with E-state index in [1.165, 1.54) is 16.7 Å². The van der Waals surface area contributed by atoms with Crippen LogP contribution in [0, 0.1) is 0 Å². The van der Waals surface area contributed by atoms with E-state index in [1.807, 2.05) is 0 Å². The van der Waals surface area contributed by atoms with Gasteiger partial charge in [-0.1, -0.05) is 42.5 Å². The van der Waals surface area contributed by atoms with E-state index in [4.69, 9.17) is 4.74 Å². The maximum Gasteiger partial charge on any atom is 0.124 e. The van der Waals surface area contributed by atoms with Gasteiger partial charge in [0, 0.05) is 44.2 Å². The summed E-state index contributed by atoms with van der Waals surface area (Å²) < 4.78 is 5.79. The van der Waals surface area contributed by atoms with E-state index in [9.17, 15) is 0 Å². The van der Waals surface area contributed by atoms with Crippen LogP contribution in [0.15, 0.2) is 48.5 Å². The molecule has 0 saturated carbocycles. The lowest BCUT2D eigenvalue weighted by Crippen LogP contribution is -2.35. The van der Waals surface area contributed by atoms with Gasteiger partial charge in [-0.2, -0.15) is 0 Å². The number of nitrogens with zero attached hydrogens (tertiary/aromatic N) is 2. The molecule has 0 saturated heterocycles. The molecule has 0 unspecified atom stereocenters. The summed E-state index contributed by atoms with van der Waals surface area (Å²) in [6.07, 6.45) is 1.08. The number of likely N-dealkylation sites (N-methyl/N-ethyl adjacent to an activating group) is 1. The van der Waals surface area contributed by atoms with Crippen LogP contribution in [-0.2, 0) is 13.1 Å². The fraction of sp³-hybridized carbons (Fsp3) is 0.400. The number of benzene rings is 2. The highest BCUT2D eigenvalue weighted by Gasteiger charge is 2.25. The molecule has 0 N–H and O–H groups in total. The Kier molecular flexibility index (Phi) is 4.06. The number of ether oxygens (including phenoxy) is 1. The first-order valence-electron chi connectivity index (χ1n) is 8.52. The van der Waals surface area contributed by atoms with E-state index >= 15 is 0 Å². The SMILES string of the molecule is CN(CCN1Cc2ccccc2C1)[C@H]1CCOc2ccccc21. The number of fused-ring (bicyclic) bond motifs is 2. The number of para-hydroxylation sites is 1. The van der Waals surface area contributed by atoms with Crippen molar-refractivity contribution in [1.82, 2.24) is 9.80 Å². The summed E-state index contributed by atoms with van der Waals surface area (Å²) in [4.78, 5) is 5.04. The van der Waals surface area contributed by atoms with Crippen LogP contribution in [-0.4, -0.2) is 36.5 Å². The van der Waals surface area contributed by atoms with Crippen LogP contribution in [0.4, 0.5) is 0 Å². The van der Waals surface area contributed by atoms with Crippen molar-refractivity contribution >= 4 is 0 Å². The third-order valence-electron chi connectivity index (χ3n) is 5.13. The Morgan fingerprint density at radius 3 is 2.52 bits per heavy atom. The molecule has 0 amide bonds. The normalized spacial score (nSPS) is 20.2. The van der Waals surface area contributed by atoms with E-state index in [-0.39, 0.29) is 0 Å². The third-order valence-corrected chi connectivity index (χ3v) is 5.13. The summed E-state index contributed by atoms with van der Waals surface area (Å²) in [7, 11) is 2.25. The fourth-order valence-corrected chi connectivity index (χ4v) is 3.80. The van der Waals surface area contributed by atoms with Gasteiger partial charge in [-0.3, -0.25) is 9.80 Å². The molecule has 3 heteroatoms. The zero-order chi connectivity index (χ0) is 15.6. The topological polar surface area (TPSA) is 15.7 Å². The molecule has 0 radical (unpaired) electrons. The molecule has 2 aliphatic heterocycles. The quantitative estimate of drug-likeness (QED) is 0.860. The summed E-state index contributed by atoms with van der Waals surface area (Å²) in [5.74, 6) is 1.06. The van der Waals surface area contributed by atoms with Crippen LogP contribution in [0.2, 0.25) is 0 Å². The Labute approximate surface area is 138 Å². The van der Waals surface area contributed by atoms with Crippen LogP contribution in [0.5, 0.6) is 5.75 Å². The van der Waals surface area contributed by atoms with E-state index in [1.54, 1.807) is 0 Å². The highest BCUT2D eigenvalue weighted by atomic mass is 16.5. The predicted molar refractivity (Wildman–Crippen MR) is 92.5 cm³/mol. The largest absolute Gasteiger partial charge is 0.493 e. The van der Waals surface area contributed by atoms with Gasteiger partial charge in [-0.25, -0.2) is 0 Å². The van der Waals surface area contributed by atoms with Gasteiger partial charge in [0.05, 0.1) is 6.61 Å². The minimum Gasteiger partial charge on any atom is -0.493 e. The molecule has 120 valence electrons. The minimum absolute atomic E-state index is 0.477. The lowest BCUT2D eigenvalue weighted by molar-refractivity contribution is 0.146. The summed E-state index contributed by atoms with van der Waals surface area (Å²) in [6, 6.07) is 17.8. The van der Waals surface area contributed by atoms with Crippen LogP contribution >= 0.6 is 0 Å². The van der Waals surface area contributed by atoms with Gasteiger partial charge in [0.15, 0.2) is 0 Å². The summed E-state index contributed by atoms with van der Waals surface area (Å²) in [6.45, 7) is 5.21. The second kappa shape index (κ2) is 6.34. The lowest BCUT2D eigenvalue weighted by Gasteiger charge is -2.34. The fourth-order valence-electron chi connectivity index (χ4n) is 3.80. The average Bonchev–Trinajstić information content (AvgIpc) is 3.02. The number of hydrogen-bond donors (Lipinski definition) is 0. The van der Waals surface area contributed by atoms with Crippen molar-refractivity contribution < 1.29 is 4.74 Å². The van der Waals surface area contributed by atoms with Crippen molar-refractivity contribution in [3.05, 3.63) is 65.2 Å². The second-order valence-electron chi connectivity index (χ2n) is 6.65. The van der Waals surface area contributed by atoms with Gasteiger partial charge in [0.1, 0.15) is 5.75 Å². The molecule has 2 aromatic carbocycles. The molecule has 0 aromatic heterocycles. The zero-order valence-electron chi connectivity index (χ0n) is 13.7. The summed E-state index contributed by atoms with van der Waals surface area (Å²) in [5.41, 5.74) is 4.32. The Bertz CT molecular complexity index is 660. The maximum atomic E-state index is 5.79. The van der Waals surface area contributed by atoms with Gasteiger partial charge in [-0.15, -0.1) is 0 Å². The predicted octanol–water partition coefficient (Wildman–Crippen LogP) is 3.46. The zero-order valence-corrected chi connectivity index (χ0v) is 13.7. The van der Waals surface area contributed by atoms with Crippen molar-refractivity contribution in [2.24, 2.45) is 0 Å².